The Morgan fingerprint density at radius 3 is 2.69 bits per heavy atom. The number of benzene rings is 1. The summed E-state index contributed by atoms with van der Waals surface area (Å²) in [5.41, 5.74) is 0. The number of hydrogen-bond donors (Lipinski definition) is 2. The summed E-state index contributed by atoms with van der Waals surface area (Å²) >= 11 is 2.77. The van der Waals surface area contributed by atoms with Gasteiger partial charge in [0.15, 0.2) is 11.6 Å². The molecule has 3 rings (SSSR count). The number of halogens is 1. The van der Waals surface area contributed by atoms with Crippen molar-refractivity contribution in [2.75, 3.05) is 7.11 Å². The lowest BCUT2D eigenvalue weighted by Gasteiger charge is -2.08. The Morgan fingerprint density at radius 1 is 1.23 bits per heavy atom. The first-order valence-electron chi connectivity index (χ1n) is 7.54. The molecule has 0 bridgehead atoms. The van der Waals surface area contributed by atoms with E-state index >= 15 is 0 Å². The number of rotatable bonds is 7. The molecule has 1 unspecified atom stereocenters. The SMILES string of the molecule is COc1ccc(S(=O)(=O)NCc2ccc(C(O)c3cccs3)s2)cc1F. The van der Waals surface area contributed by atoms with Crippen LogP contribution in [0.15, 0.2) is 52.7 Å². The van der Waals surface area contributed by atoms with Crippen molar-refractivity contribution in [3.8, 4) is 5.75 Å². The van der Waals surface area contributed by atoms with E-state index in [1.807, 2.05) is 17.5 Å². The standard InChI is InChI=1S/C17H16FNO4S3/c1-23-14-6-5-12(9-13(14)18)26(21,22)19-10-11-4-7-16(25-11)17(20)15-3-2-8-24-15/h2-9,17,19-20H,10H2,1H3. The summed E-state index contributed by atoms with van der Waals surface area (Å²) in [5.74, 6) is -0.762. The Hall–Kier alpha value is -1.78. The maximum absolute atomic E-state index is 13.7. The Kier molecular flexibility index (Phi) is 5.73. The highest BCUT2D eigenvalue weighted by atomic mass is 32.2. The van der Waals surface area contributed by atoms with Crippen LogP contribution in [0.2, 0.25) is 0 Å². The molecule has 0 aliphatic carbocycles. The zero-order valence-electron chi connectivity index (χ0n) is 13.7. The van der Waals surface area contributed by atoms with E-state index in [1.54, 1.807) is 12.1 Å². The van der Waals surface area contributed by atoms with Crippen molar-refractivity contribution in [1.82, 2.24) is 4.72 Å². The zero-order valence-corrected chi connectivity index (χ0v) is 16.1. The first kappa shape index (κ1) is 19.0. The minimum Gasteiger partial charge on any atom is -0.494 e. The molecule has 0 fully saturated rings. The van der Waals surface area contributed by atoms with Crippen molar-refractivity contribution in [3.05, 3.63) is 68.3 Å². The zero-order chi connectivity index (χ0) is 18.7. The van der Waals surface area contributed by atoms with Gasteiger partial charge in [-0.2, -0.15) is 0 Å². The monoisotopic (exact) mass is 413 g/mol. The molecule has 0 aliphatic heterocycles. The number of sulfonamides is 1. The van der Waals surface area contributed by atoms with E-state index in [1.165, 1.54) is 41.9 Å². The predicted octanol–water partition coefficient (Wildman–Crippen LogP) is 3.52. The number of hydrogen-bond acceptors (Lipinski definition) is 6. The summed E-state index contributed by atoms with van der Waals surface area (Å²) in [6.45, 7) is 0.0534. The second kappa shape index (κ2) is 7.85. The summed E-state index contributed by atoms with van der Waals surface area (Å²) in [6, 6.07) is 10.7. The second-order valence-corrected chi connectivity index (χ2v) is 9.29. The molecule has 0 aliphatic rings. The second-order valence-electron chi connectivity index (χ2n) is 5.34. The number of aliphatic hydroxyl groups is 1. The highest BCUT2D eigenvalue weighted by Gasteiger charge is 2.18. The molecular weight excluding hydrogens is 397 g/mol. The van der Waals surface area contributed by atoms with Crippen molar-refractivity contribution in [2.24, 2.45) is 0 Å². The third-order valence-corrected chi connectivity index (χ3v) is 7.10. The molecule has 3 aromatic rings. The maximum Gasteiger partial charge on any atom is 0.241 e. The van der Waals surface area contributed by atoms with E-state index in [9.17, 15) is 17.9 Å². The van der Waals surface area contributed by atoms with Crippen LogP contribution in [0.1, 0.15) is 20.7 Å². The molecule has 138 valence electrons. The van der Waals surface area contributed by atoms with Gasteiger partial charge in [0.1, 0.15) is 6.10 Å². The van der Waals surface area contributed by atoms with Crippen LogP contribution in [0.5, 0.6) is 5.75 Å². The lowest BCUT2D eigenvalue weighted by Crippen LogP contribution is -2.22. The molecule has 9 heteroatoms. The number of aliphatic hydroxyl groups excluding tert-OH is 1. The smallest absolute Gasteiger partial charge is 0.241 e. The van der Waals surface area contributed by atoms with Gasteiger partial charge in [0, 0.05) is 21.2 Å². The molecule has 26 heavy (non-hydrogen) atoms. The number of nitrogens with one attached hydrogen (secondary N) is 1. The fourth-order valence-corrected chi connectivity index (χ4v) is 5.16. The summed E-state index contributed by atoms with van der Waals surface area (Å²) < 4.78 is 45.6. The van der Waals surface area contributed by atoms with E-state index in [2.05, 4.69) is 4.72 Å². The fraction of sp³-hybridized carbons (Fsp3) is 0.176. The average molecular weight is 414 g/mol. The number of methoxy groups -OCH3 is 1. The fourth-order valence-electron chi connectivity index (χ4n) is 2.29. The third kappa shape index (κ3) is 4.13. The highest BCUT2D eigenvalue weighted by Crippen LogP contribution is 2.31. The van der Waals surface area contributed by atoms with Crippen LogP contribution >= 0.6 is 22.7 Å². The molecule has 0 saturated carbocycles. The topological polar surface area (TPSA) is 75.6 Å². The molecule has 0 radical (unpaired) electrons. The van der Waals surface area contributed by atoms with Gasteiger partial charge in [-0.15, -0.1) is 22.7 Å². The van der Waals surface area contributed by atoms with Crippen LogP contribution in [0.25, 0.3) is 0 Å². The van der Waals surface area contributed by atoms with Crippen LogP contribution in [0, 0.1) is 5.82 Å². The largest absolute Gasteiger partial charge is 0.494 e. The lowest BCUT2D eigenvalue weighted by atomic mass is 10.2. The van der Waals surface area contributed by atoms with Crippen LogP contribution in [-0.4, -0.2) is 20.6 Å². The molecule has 5 nitrogen and oxygen atoms in total. The molecule has 0 saturated heterocycles. The van der Waals surface area contributed by atoms with Crippen LogP contribution < -0.4 is 9.46 Å². The molecular formula is C17H16FNO4S3. The highest BCUT2D eigenvalue weighted by molar-refractivity contribution is 7.89. The van der Waals surface area contributed by atoms with Gasteiger partial charge in [0.05, 0.1) is 12.0 Å². The van der Waals surface area contributed by atoms with Crippen molar-refractivity contribution >= 4 is 32.7 Å². The third-order valence-electron chi connectivity index (χ3n) is 3.63. The minimum absolute atomic E-state index is 0.0191. The van der Waals surface area contributed by atoms with Crippen LogP contribution in [-0.2, 0) is 16.6 Å². The predicted molar refractivity (Wildman–Crippen MR) is 99.7 cm³/mol. The summed E-state index contributed by atoms with van der Waals surface area (Å²) in [6.07, 6.45) is -0.721. The van der Waals surface area contributed by atoms with Crippen molar-refractivity contribution in [1.29, 1.82) is 0 Å². The Balaban J connectivity index is 1.69. The Bertz CT molecular complexity index is 983. The molecule has 2 aromatic heterocycles. The van der Waals surface area contributed by atoms with Gasteiger partial charge in [0.25, 0.3) is 0 Å². The number of ether oxygens (including phenoxy) is 1. The van der Waals surface area contributed by atoms with Gasteiger partial charge >= 0.3 is 0 Å². The number of thiophene rings is 2. The maximum atomic E-state index is 13.7. The van der Waals surface area contributed by atoms with Gasteiger partial charge in [-0.3, -0.25) is 0 Å². The molecule has 1 atom stereocenters. The van der Waals surface area contributed by atoms with Gasteiger partial charge in [-0.1, -0.05) is 6.07 Å². The van der Waals surface area contributed by atoms with E-state index in [0.717, 1.165) is 20.7 Å². The normalized spacial score (nSPS) is 12.9. The summed E-state index contributed by atoms with van der Waals surface area (Å²) in [5, 5.41) is 12.2. The van der Waals surface area contributed by atoms with Gasteiger partial charge in [-0.05, 0) is 41.8 Å². The first-order valence-corrected chi connectivity index (χ1v) is 10.7. The van der Waals surface area contributed by atoms with Gasteiger partial charge in [-0.25, -0.2) is 17.5 Å². The summed E-state index contributed by atoms with van der Waals surface area (Å²) in [7, 11) is -2.55. The van der Waals surface area contributed by atoms with E-state index in [-0.39, 0.29) is 17.2 Å². The Labute approximate surface area is 158 Å². The molecule has 0 spiro atoms. The van der Waals surface area contributed by atoms with E-state index in [4.69, 9.17) is 4.74 Å². The van der Waals surface area contributed by atoms with Crippen molar-refractivity contribution in [2.45, 2.75) is 17.5 Å². The van der Waals surface area contributed by atoms with Crippen LogP contribution in [0.4, 0.5) is 4.39 Å². The van der Waals surface area contributed by atoms with E-state index in [0.29, 0.717) is 0 Å². The van der Waals surface area contributed by atoms with E-state index < -0.39 is 21.9 Å². The first-order chi connectivity index (χ1) is 12.4. The summed E-state index contributed by atoms with van der Waals surface area (Å²) in [4.78, 5) is 2.13. The quantitative estimate of drug-likeness (QED) is 0.621. The average Bonchev–Trinajstić information content (AvgIpc) is 3.31. The molecule has 2 heterocycles. The van der Waals surface area contributed by atoms with Crippen molar-refractivity contribution < 1.29 is 22.7 Å². The molecule has 2 N–H and O–H groups in total. The van der Waals surface area contributed by atoms with Crippen molar-refractivity contribution in [3.63, 3.8) is 0 Å². The van der Waals surface area contributed by atoms with Gasteiger partial charge < -0.3 is 9.84 Å². The lowest BCUT2D eigenvalue weighted by molar-refractivity contribution is 0.228. The van der Waals surface area contributed by atoms with Crippen LogP contribution in [0.3, 0.4) is 0 Å². The molecule has 1 aromatic carbocycles. The van der Waals surface area contributed by atoms with Gasteiger partial charge in [0.2, 0.25) is 10.0 Å². The Morgan fingerprint density at radius 2 is 2.04 bits per heavy atom. The minimum atomic E-state index is -3.86. The molecule has 0 amide bonds.